The number of aromatic nitrogens is 1. The number of anilines is 1. The van der Waals surface area contributed by atoms with E-state index in [2.05, 4.69) is 25.6 Å². The third-order valence-electron chi connectivity index (χ3n) is 2.58. The molecule has 5 nitrogen and oxygen atoms in total. The van der Waals surface area contributed by atoms with Crippen LogP contribution in [0.4, 0.5) is 5.82 Å². The highest BCUT2D eigenvalue weighted by Crippen LogP contribution is 2.28. The summed E-state index contributed by atoms with van der Waals surface area (Å²) in [7, 11) is -2.16. The summed E-state index contributed by atoms with van der Waals surface area (Å²) in [5.74, 6) is 0.847. The molecule has 2 aromatic rings. The Morgan fingerprint density at radius 3 is 2.55 bits per heavy atom. The summed E-state index contributed by atoms with van der Waals surface area (Å²) in [6.07, 6.45) is 1.60. The molecular formula is C13H13BrN2O3S. The Balaban J connectivity index is 2.30. The second kappa shape index (κ2) is 5.80. The number of pyridine rings is 1. The molecule has 0 aliphatic rings. The zero-order valence-corrected chi connectivity index (χ0v) is 13.3. The molecule has 0 bridgehead atoms. The maximum absolute atomic E-state index is 12.2. The van der Waals surface area contributed by atoms with Gasteiger partial charge in [-0.2, -0.15) is 0 Å². The van der Waals surface area contributed by atoms with Crippen molar-refractivity contribution in [3.63, 3.8) is 0 Å². The van der Waals surface area contributed by atoms with Crippen LogP contribution in [-0.2, 0) is 10.0 Å². The van der Waals surface area contributed by atoms with Crippen LogP contribution in [0.1, 0.15) is 5.56 Å². The van der Waals surface area contributed by atoms with Gasteiger partial charge in [-0.15, -0.1) is 0 Å². The second-order valence-corrected chi connectivity index (χ2v) is 6.66. The van der Waals surface area contributed by atoms with Gasteiger partial charge >= 0.3 is 0 Å². The molecule has 0 unspecified atom stereocenters. The lowest BCUT2D eigenvalue weighted by Gasteiger charge is -2.09. The molecule has 0 atom stereocenters. The summed E-state index contributed by atoms with van der Waals surface area (Å²) in [6.45, 7) is 1.88. The Bertz CT molecular complexity index is 715. The van der Waals surface area contributed by atoms with Gasteiger partial charge in [0.05, 0.1) is 16.5 Å². The molecule has 0 saturated carbocycles. The molecule has 20 heavy (non-hydrogen) atoms. The van der Waals surface area contributed by atoms with E-state index in [0.29, 0.717) is 10.2 Å². The van der Waals surface area contributed by atoms with Gasteiger partial charge in [-0.1, -0.05) is 6.07 Å². The van der Waals surface area contributed by atoms with Crippen molar-refractivity contribution in [3.8, 4) is 5.75 Å². The largest absolute Gasteiger partial charge is 0.496 e. The Morgan fingerprint density at radius 2 is 2.00 bits per heavy atom. The first kappa shape index (κ1) is 14.8. The fraction of sp³-hybridized carbons (Fsp3) is 0.154. The average Bonchev–Trinajstić information content (AvgIpc) is 2.41. The van der Waals surface area contributed by atoms with E-state index in [0.717, 1.165) is 5.56 Å². The number of hydrogen-bond acceptors (Lipinski definition) is 4. The van der Waals surface area contributed by atoms with Crippen LogP contribution in [-0.4, -0.2) is 20.5 Å². The van der Waals surface area contributed by atoms with Crippen LogP contribution < -0.4 is 9.46 Å². The highest BCUT2D eigenvalue weighted by atomic mass is 79.9. The average molecular weight is 357 g/mol. The van der Waals surface area contributed by atoms with Crippen LogP contribution in [0.5, 0.6) is 5.75 Å². The number of hydrogen-bond donors (Lipinski definition) is 1. The molecule has 0 fully saturated rings. The molecule has 1 heterocycles. The normalized spacial score (nSPS) is 11.2. The number of halogens is 1. The molecule has 1 aromatic heterocycles. The molecule has 0 aliphatic carbocycles. The van der Waals surface area contributed by atoms with E-state index in [9.17, 15) is 8.42 Å². The molecule has 0 radical (unpaired) electrons. The van der Waals surface area contributed by atoms with Crippen LogP contribution in [0.3, 0.4) is 0 Å². The van der Waals surface area contributed by atoms with Crippen molar-refractivity contribution < 1.29 is 13.2 Å². The molecule has 0 amide bonds. The molecule has 0 aliphatic heterocycles. The third-order valence-corrected chi connectivity index (χ3v) is 4.56. The van der Waals surface area contributed by atoms with Crippen LogP contribution >= 0.6 is 15.9 Å². The van der Waals surface area contributed by atoms with E-state index in [-0.39, 0.29) is 10.7 Å². The number of methoxy groups -OCH3 is 1. The zero-order chi connectivity index (χ0) is 14.8. The Morgan fingerprint density at radius 1 is 1.25 bits per heavy atom. The van der Waals surface area contributed by atoms with Gasteiger partial charge < -0.3 is 4.74 Å². The summed E-state index contributed by atoms with van der Waals surface area (Å²) in [5, 5.41) is 0. The van der Waals surface area contributed by atoms with E-state index >= 15 is 0 Å². The zero-order valence-electron chi connectivity index (χ0n) is 10.9. The Hall–Kier alpha value is -1.60. The van der Waals surface area contributed by atoms with E-state index in [1.807, 2.05) is 6.92 Å². The molecule has 2 rings (SSSR count). The maximum Gasteiger partial charge on any atom is 0.263 e. The minimum atomic E-state index is -3.67. The second-order valence-electron chi connectivity index (χ2n) is 4.12. The minimum Gasteiger partial charge on any atom is -0.496 e. The smallest absolute Gasteiger partial charge is 0.263 e. The topological polar surface area (TPSA) is 68.3 Å². The highest BCUT2D eigenvalue weighted by Gasteiger charge is 2.16. The lowest BCUT2D eigenvalue weighted by Crippen LogP contribution is -2.14. The molecule has 0 spiro atoms. The molecule has 106 valence electrons. The van der Waals surface area contributed by atoms with Crippen molar-refractivity contribution in [1.29, 1.82) is 0 Å². The molecule has 7 heteroatoms. The van der Waals surface area contributed by atoms with Gasteiger partial charge in [0.15, 0.2) is 0 Å². The quantitative estimate of drug-likeness (QED) is 0.914. The van der Waals surface area contributed by atoms with Crippen LogP contribution in [0.25, 0.3) is 0 Å². The van der Waals surface area contributed by atoms with Gasteiger partial charge in [0.2, 0.25) is 0 Å². The Labute approximate surface area is 126 Å². The van der Waals surface area contributed by atoms with Gasteiger partial charge in [-0.3, -0.25) is 4.72 Å². The van der Waals surface area contributed by atoms with Crippen LogP contribution in [0.2, 0.25) is 0 Å². The van der Waals surface area contributed by atoms with Crippen molar-refractivity contribution in [3.05, 3.63) is 46.6 Å². The monoisotopic (exact) mass is 356 g/mol. The van der Waals surface area contributed by atoms with Crippen molar-refractivity contribution in [2.45, 2.75) is 11.8 Å². The van der Waals surface area contributed by atoms with E-state index in [1.54, 1.807) is 24.4 Å². The Kier molecular flexibility index (Phi) is 4.29. The lowest BCUT2D eigenvalue weighted by molar-refractivity contribution is 0.411. The number of aryl methyl sites for hydroxylation is 1. The number of sulfonamides is 1. The SMILES string of the molecule is COc1ccc(S(=O)(=O)Nc2ccc(C)cn2)cc1Br. The first-order valence-electron chi connectivity index (χ1n) is 5.71. The summed E-state index contributed by atoms with van der Waals surface area (Å²) in [4.78, 5) is 4.15. The van der Waals surface area contributed by atoms with Gasteiger partial charge in [-0.05, 0) is 52.7 Å². The van der Waals surface area contributed by atoms with Crippen LogP contribution in [0.15, 0.2) is 45.9 Å². The fourth-order valence-corrected chi connectivity index (χ4v) is 3.27. The fourth-order valence-electron chi connectivity index (χ4n) is 1.54. The van der Waals surface area contributed by atoms with Crippen molar-refractivity contribution in [2.24, 2.45) is 0 Å². The van der Waals surface area contributed by atoms with Crippen molar-refractivity contribution in [1.82, 2.24) is 4.98 Å². The van der Waals surface area contributed by atoms with E-state index < -0.39 is 10.0 Å². The number of ether oxygens (including phenoxy) is 1. The van der Waals surface area contributed by atoms with Crippen molar-refractivity contribution in [2.75, 3.05) is 11.8 Å². The number of rotatable bonds is 4. The number of benzene rings is 1. The molecular weight excluding hydrogens is 344 g/mol. The molecule has 0 saturated heterocycles. The van der Waals surface area contributed by atoms with Crippen molar-refractivity contribution >= 4 is 31.8 Å². The van der Waals surface area contributed by atoms with Gasteiger partial charge in [0, 0.05) is 6.20 Å². The van der Waals surface area contributed by atoms with E-state index in [4.69, 9.17) is 4.74 Å². The predicted molar refractivity (Wildman–Crippen MR) is 80.5 cm³/mol. The van der Waals surface area contributed by atoms with E-state index in [1.165, 1.54) is 19.2 Å². The lowest BCUT2D eigenvalue weighted by atomic mass is 10.3. The molecule has 1 N–H and O–H groups in total. The van der Waals surface area contributed by atoms with Crippen LogP contribution in [0, 0.1) is 6.92 Å². The van der Waals surface area contributed by atoms with Gasteiger partial charge in [0.1, 0.15) is 11.6 Å². The van der Waals surface area contributed by atoms with Gasteiger partial charge in [-0.25, -0.2) is 13.4 Å². The first-order chi connectivity index (χ1) is 9.42. The number of nitrogens with one attached hydrogen (secondary N) is 1. The standard InChI is InChI=1S/C13H13BrN2O3S/c1-9-3-6-13(15-8-9)16-20(17,18)10-4-5-12(19-2)11(14)7-10/h3-8H,1-2H3,(H,15,16). The first-order valence-corrected chi connectivity index (χ1v) is 7.99. The summed E-state index contributed by atoms with van der Waals surface area (Å²) in [5.41, 5.74) is 0.958. The summed E-state index contributed by atoms with van der Waals surface area (Å²) in [6, 6.07) is 7.94. The maximum atomic E-state index is 12.2. The predicted octanol–water partition coefficient (Wildman–Crippen LogP) is 2.96. The van der Waals surface area contributed by atoms with Gasteiger partial charge in [0.25, 0.3) is 10.0 Å². The minimum absolute atomic E-state index is 0.132. The summed E-state index contributed by atoms with van der Waals surface area (Å²) >= 11 is 3.26. The third kappa shape index (κ3) is 3.29. The molecule has 1 aromatic carbocycles. The number of nitrogens with zero attached hydrogens (tertiary/aromatic N) is 1. The summed E-state index contributed by atoms with van der Waals surface area (Å²) < 4.78 is 32.5. The highest BCUT2D eigenvalue weighted by molar-refractivity contribution is 9.10.